The summed E-state index contributed by atoms with van der Waals surface area (Å²) in [6, 6.07) is 0. The summed E-state index contributed by atoms with van der Waals surface area (Å²) in [5, 5.41) is 9.05. The first kappa shape index (κ1) is 14.9. The van der Waals surface area contributed by atoms with Crippen molar-refractivity contribution in [2.45, 2.75) is 58.0 Å². The number of aliphatic hydroxyl groups is 1. The molecule has 3 heteroatoms. The lowest BCUT2D eigenvalue weighted by Crippen LogP contribution is -1.99. The van der Waals surface area contributed by atoms with Crippen molar-refractivity contribution in [3.8, 4) is 0 Å². The standard InChI is InChI=1S/C12H26O3/c1-12(13)9-7-5-3-4-6-8-10-15-11-14-2/h12-13H,3-11H2,1-2H3. The molecule has 0 saturated heterocycles. The van der Waals surface area contributed by atoms with Crippen LogP contribution >= 0.6 is 0 Å². The Morgan fingerprint density at radius 1 is 1.00 bits per heavy atom. The largest absolute Gasteiger partial charge is 0.393 e. The van der Waals surface area contributed by atoms with E-state index >= 15 is 0 Å². The second-order valence-corrected chi connectivity index (χ2v) is 4.07. The molecule has 0 bridgehead atoms. The van der Waals surface area contributed by atoms with E-state index in [1.165, 1.54) is 25.7 Å². The van der Waals surface area contributed by atoms with Gasteiger partial charge in [0.15, 0.2) is 0 Å². The summed E-state index contributed by atoms with van der Waals surface area (Å²) in [6.45, 7) is 3.07. The Kier molecular flexibility index (Phi) is 11.9. The van der Waals surface area contributed by atoms with Crippen molar-refractivity contribution in [2.75, 3.05) is 20.5 Å². The molecule has 0 aromatic rings. The fraction of sp³-hybridized carbons (Fsp3) is 1.00. The molecule has 0 rings (SSSR count). The van der Waals surface area contributed by atoms with Crippen LogP contribution in [0, 0.1) is 0 Å². The molecule has 0 radical (unpaired) electrons. The highest BCUT2D eigenvalue weighted by molar-refractivity contribution is 4.49. The molecule has 1 N–H and O–H groups in total. The highest BCUT2D eigenvalue weighted by atomic mass is 16.7. The normalized spacial score (nSPS) is 13.0. The minimum absolute atomic E-state index is 0.132. The highest BCUT2D eigenvalue weighted by Gasteiger charge is 1.95. The van der Waals surface area contributed by atoms with Crippen LogP contribution in [-0.2, 0) is 9.47 Å². The van der Waals surface area contributed by atoms with Crippen molar-refractivity contribution in [3.05, 3.63) is 0 Å². The van der Waals surface area contributed by atoms with E-state index in [0.717, 1.165) is 25.9 Å². The number of hydrogen-bond acceptors (Lipinski definition) is 3. The Morgan fingerprint density at radius 2 is 1.60 bits per heavy atom. The summed E-state index contributed by atoms with van der Waals surface area (Å²) < 4.78 is 9.96. The van der Waals surface area contributed by atoms with Gasteiger partial charge in [0.1, 0.15) is 6.79 Å². The van der Waals surface area contributed by atoms with Crippen LogP contribution in [0.5, 0.6) is 0 Å². The molecule has 1 atom stereocenters. The van der Waals surface area contributed by atoms with Gasteiger partial charge in [-0.15, -0.1) is 0 Å². The van der Waals surface area contributed by atoms with Gasteiger partial charge in [0.25, 0.3) is 0 Å². The quantitative estimate of drug-likeness (QED) is 0.428. The van der Waals surface area contributed by atoms with Crippen LogP contribution in [0.25, 0.3) is 0 Å². The Balaban J connectivity index is 2.87. The van der Waals surface area contributed by atoms with E-state index in [1.807, 2.05) is 6.92 Å². The van der Waals surface area contributed by atoms with Crippen molar-refractivity contribution < 1.29 is 14.6 Å². The predicted octanol–water partition coefficient (Wildman–Crippen LogP) is 2.72. The van der Waals surface area contributed by atoms with Crippen LogP contribution in [0.1, 0.15) is 51.9 Å². The molecule has 0 heterocycles. The van der Waals surface area contributed by atoms with E-state index in [-0.39, 0.29) is 6.10 Å². The van der Waals surface area contributed by atoms with E-state index in [1.54, 1.807) is 7.11 Å². The van der Waals surface area contributed by atoms with Gasteiger partial charge in [0, 0.05) is 13.7 Å². The van der Waals surface area contributed by atoms with Crippen LogP contribution in [-0.4, -0.2) is 31.7 Å². The van der Waals surface area contributed by atoms with Crippen LogP contribution in [0.2, 0.25) is 0 Å². The third-order valence-corrected chi connectivity index (χ3v) is 2.36. The molecule has 15 heavy (non-hydrogen) atoms. The molecule has 0 aromatic heterocycles. The summed E-state index contributed by atoms with van der Waals surface area (Å²) in [4.78, 5) is 0. The van der Waals surface area contributed by atoms with Crippen molar-refractivity contribution in [3.63, 3.8) is 0 Å². The Morgan fingerprint density at radius 3 is 2.20 bits per heavy atom. The van der Waals surface area contributed by atoms with Crippen LogP contribution < -0.4 is 0 Å². The van der Waals surface area contributed by atoms with Crippen molar-refractivity contribution in [1.29, 1.82) is 0 Å². The van der Waals surface area contributed by atoms with Crippen LogP contribution in [0.4, 0.5) is 0 Å². The minimum atomic E-state index is -0.132. The number of hydrogen-bond donors (Lipinski definition) is 1. The second-order valence-electron chi connectivity index (χ2n) is 4.07. The number of ether oxygens (including phenoxy) is 2. The summed E-state index contributed by atoms with van der Waals surface area (Å²) in [5.41, 5.74) is 0. The van der Waals surface area contributed by atoms with Gasteiger partial charge >= 0.3 is 0 Å². The van der Waals surface area contributed by atoms with Gasteiger partial charge in [-0.25, -0.2) is 0 Å². The van der Waals surface area contributed by atoms with Gasteiger partial charge in [-0.1, -0.05) is 32.1 Å². The highest BCUT2D eigenvalue weighted by Crippen LogP contribution is 2.08. The molecule has 0 saturated carbocycles. The Hall–Kier alpha value is -0.120. The van der Waals surface area contributed by atoms with E-state index in [2.05, 4.69) is 0 Å². The molecule has 92 valence electrons. The van der Waals surface area contributed by atoms with Gasteiger partial charge in [-0.05, 0) is 19.8 Å². The average Bonchev–Trinajstić information content (AvgIpc) is 2.20. The molecule has 3 nitrogen and oxygen atoms in total. The number of methoxy groups -OCH3 is 1. The summed E-state index contributed by atoms with van der Waals surface area (Å²) in [7, 11) is 1.64. The van der Waals surface area contributed by atoms with E-state index in [0.29, 0.717) is 6.79 Å². The Labute approximate surface area is 93.8 Å². The lowest BCUT2D eigenvalue weighted by Gasteiger charge is -2.04. The first-order valence-electron chi connectivity index (χ1n) is 6.02. The second kappa shape index (κ2) is 12.0. The average molecular weight is 218 g/mol. The van der Waals surface area contributed by atoms with Crippen molar-refractivity contribution >= 4 is 0 Å². The molecular weight excluding hydrogens is 192 g/mol. The SMILES string of the molecule is COCOCCCCCCCCC(C)O. The third-order valence-electron chi connectivity index (χ3n) is 2.36. The molecule has 0 aliphatic carbocycles. The van der Waals surface area contributed by atoms with Crippen LogP contribution in [0.3, 0.4) is 0 Å². The first-order chi connectivity index (χ1) is 7.27. The van der Waals surface area contributed by atoms with E-state index in [4.69, 9.17) is 14.6 Å². The van der Waals surface area contributed by atoms with Gasteiger partial charge in [0.2, 0.25) is 0 Å². The lowest BCUT2D eigenvalue weighted by molar-refractivity contribution is -0.0315. The molecule has 0 amide bonds. The molecule has 0 spiro atoms. The van der Waals surface area contributed by atoms with E-state index in [9.17, 15) is 0 Å². The number of rotatable bonds is 11. The number of aliphatic hydroxyl groups excluding tert-OH is 1. The van der Waals surface area contributed by atoms with Crippen molar-refractivity contribution in [2.24, 2.45) is 0 Å². The smallest absolute Gasteiger partial charge is 0.146 e. The molecule has 0 aromatic carbocycles. The zero-order valence-electron chi connectivity index (χ0n) is 10.2. The fourth-order valence-corrected chi connectivity index (χ4v) is 1.49. The van der Waals surface area contributed by atoms with Gasteiger partial charge in [-0.3, -0.25) is 0 Å². The van der Waals surface area contributed by atoms with E-state index < -0.39 is 0 Å². The summed E-state index contributed by atoms with van der Waals surface area (Å²) in [5.74, 6) is 0. The predicted molar refractivity (Wildman–Crippen MR) is 61.8 cm³/mol. The summed E-state index contributed by atoms with van der Waals surface area (Å²) >= 11 is 0. The van der Waals surface area contributed by atoms with Gasteiger partial charge in [0.05, 0.1) is 6.10 Å². The molecular formula is C12H26O3. The van der Waals surface area contributed by atoms with Crippen LogP contribution in [0.15, 0.2) is 0 Å². The first-order valence-corrected chi connectivity index (χ1v) is 6.02. The number of unbranched alkanes of at least 4 members (excludes halogenated alkanes) is 5. The third kappa shape index (κ3) is 13.9. The van der Waals surface area contributed by atoms with Crippen molar-refractivity contribution in [1.82, 2.24) is 0 Å². The molecule has 0 aliphatic rings. The van der Waals surface area contributed by atoms with Gasteiger partial charge in [-0.2, -0.15) is 0 Å². The molecule has 1 unspecified atom stereocenters. The maximum atomic E-state index is 9.05. The minimum Gasteiger partial charge on any atom is -0.393 e. The Bertz CT molecular complexity index is 115. The maximum absolute atomic E-state index is 9.05. The molecule has 0 aliphatic heterocycles. The topological polar surface area (TPSA) is 38.7 Å². The zero-order valence-corrected chi connectivity index (χ0v) is 10.2. The lowest BCUT2D eigenvalue weighted by atomic mass is 10.1. The zero-order chi connectivity index (χ0) is 11.4. The van der Waals surface area contributed by atoms with Gasteiger partial charge < -0.3 is 14.6 Å². The maximum Gasteiger partial charge on any atom is 0.146 e. The summed E-state index contributed by atoms with van der Waals surface area (Å²) in [6.07, 6.45) is 8.11. The molecule has 0 fully saturated rings. The monoisotopic (exact) mass is 218 g/mol. The fourth-order valence-electron chi connectivity index (χ4n) is 1.49.